The Kier molecular flexibility index (Phi) is 7.64. The van der Waals surface area contributed by atoms with E-state index in [1.54, 1.807) is 48.5 Å². The van der Waals surface area contributed by atoms with Crippen LogP contribution < -0.4 is 25.0 Å². The number of hydrogen-bond acceptors (Lipinski definition) is 6. The molecule has 170 valence electrons. The third-order valence-electron chi connectivity index (χ3n) is 4.80. The number of hydrogen-bond donors (Lipinski definition) is 2. The van der Waals surface area contributed by atoms with Crippen molar-refractivity contribution in [2.45, 2.75) is 6.92 Å². The van der Waals surface area contributed by atoms with Crippen LogP contribution in [0.15, 0.2) is 65.8 Å². The predicted molar refractivity (Wildman–Crippen MR) is 127 cm³/mol. The fourth-order valence-corrected chi connectivity index (χ4v) is 3.09. The molecule has 0 atom stereocenters. The molecule has 0 aliphatic carbocycles. The minimum Gasteiger partial charge on any atom is -0.493 e. The van der Waals surface area contributed by atoms with Crippen molar-refractivity contribution in [1.29, 1.82) is 0 Å². The van der Waals surface area contributed by atoms with Crippen LogP contribution >= 0.6 is 0 Å². The number of carbonyl (C=O) groups excluding carboxylic acids is 2. The van der Waals surface area contributed by atoms with Gasteiger partial charge in [-0.15, -0.1) is 0 Å². The maximum atomic E-state index is 12.7. The molecule has 8 heteroatoms. The van der Waals surface area contributed by atoms with Crippen LogP contribution in [0.1, 0.15) is 31.8 Å². The largest absolute Gasteiger partial charge is 0.493 e. The first-order valence-corrected chi connectivity index (χ1v) is 10.1. The zero-order valence-corrected chi connectivity index (χ0v) is 18.8. The normalized spacial score (nSPS) is 10.5. The second-order valence-electron chi connectivity index (χ2n) is 7.02. The maximum absolute atomic E-state index is 12.7. The molecule has 0 heterocycles. The lowest BCUT2D eigenvalue weighted by molar-refractivity contribution is 0.0956. The van der Waals surface area contributed by atoms with E-state index in [2.05, 4.69) is 15.8 Å². The lowest BCUT2D eigenvalue weighted by atomic mass is 10.1. The van der Waals surface area contributed by atoms with Crippen LogP contribution in [0, 0.1) is 6.92 Å². The third-order valence-corrected chi connectivity index (χ3v) is 4.80. The molecule has 0 saturated heterocycles. The summed E-state index contributed by atoms with van der Waals surface area (Å²) in [5.41, 5.74) is 5.31. The molecule has 0 aromatic heterocycles. The number of ether oxygens (including phenoxy) is 3. The Morgan fingerprint density at radius 2 is 1.48 bits per heavy atom. The molecule has 2 N–H and O–H groups in total. The van der Waals surface area contributed by atoms with E-state index < -0.39 is 5.91 Å². The summed E-state index contributed by atoms with van der Waals surface area (Å²) in [6, 6.07) is 17.3. The molecule has 2 amide bonds. The summed E-state index contributed by atoms with van der Waals surface area (Å²) in [5, 5.41) is 6.80. The van der Waals surface area contributed by atoms with Crippen LogP contribution in [0.3, 0.4) is 0 Å². The molecular weight excluding hydrogens is 422 g/mol. The molecule has 33 heavy (non-hydrogen) atoms. The quantitative estimate of drug-likeness (QED) is 0.401. The summed E-state index contributed by atoms with van der Waals surface area (Å²) < 4.78 is 15.9. The summed E-state index contributed by atoms with van der Waals surface area (Å²) in [6.07, 6.45) is 1.45. The number of rotatable bonds is 8. The van der Waals surface area contributed by atoms with Gasteiger partial charge in [-0.25, -0.2) is 5.43 Å². The van der Waals surface area contributed by atoms with Gasteiger partial charge >= 0.3 is 0 Å². The van der Waals surface area contributed by atoms with Gasteiger partial charge in [0.1, 0.15) is 0 Å². The van der Waals surface area contributed by atoms with Crippen molar-refractivity contribution in [1.82, 2.24) is 5.43 Å². The van der Waals surface area contributed by atoms with Gasteiger partial charge in [0, 0.05) is 11.1 Å². The van der Waals surface area contributed by atoms with Crippen molar-refractivity contribution in [3.8, 4) is 17.2 Å². The predicted octanol–water partition coefficient (Wildman–Crippen LogP) is 4.04. The number of aryl methyl sites for hydroxylation is 1. The second-order valence-corrected chi connectivity index (χ2v) is 7.02. The second kappa shape index (κ2) is 10.8. The smallest absolute Gasteiger partial charge is 0.273 e. The molecule has 3 rings (SSSR count). The first-order valence-electron chi connectivity index (χ1n) is 10.1. The van der Waals surface area contributed by atoms with Crippen molar-refractivity contribution in [3.63, 3.8) is 0 Å². The Labute approximate surface area is 192 Å². The Hall–Kier alpha value is -4.33. The SMILES string of the molecule is COc1cc(/C=N/NC(=O)c2ccccc2NC(=O)c2ccc(C)cc2)cc(OC)c1OC. The first kappa shape index (κ1) is 23.3. The zero-order chi connectivity index (χ0) is 23.8. The van der Waals surface area contributed by atoms with Gasteiger partial charge in [0.25, 0.3) is 11.8 Å². The topological polar surface area (TPSA) is 98.2 Å². The molecule has 0 aliphatic rings. The molecule has 0 radical (unpaired) electrons. The van der Waals surface area contributed by atoms with E-state index >= 15 is 0 Å². The van der Waals surface area contributed by atoms with Crippen LogP contribution in [-0.2, 0) is 0 Å². The average Bonchev–Trinajstić information content (AvgIpc) is 2.83. The monoisotopic (exact) mass is 447 g/mol. The number of methoxy groups -OCH3 is 3. The number of para-hydroxylation sites is 1. The van der Waals surface area contributed by atoms with Crippen molar-refractivity contribution < 1.29 is 23.8 Å². The van der Waals surface area contributed by atoms with E-state index in [0.29, 0.717) is 34.1 Å². The van der Waals surface area contributed by atoms with E-state index in [-0.39, 0.29) is 11.5 Å². The highest BCUT2D eigenvalue weighted by molar-refractivity contribution is 6.09. The van der Waals surface area contributed by atoms with Crippen LogP contribution in [-0.4, -0.2) is 39.4 Å². The highest BCUT2D eigenvalue weighted by Gasteiger charge is 2.15. The minimum atomic E-state index is -0.474. The van der Waals surface area contributed by atoms with Crippen LogP contribution in [0.5, 0.6) is 17.2 Å². The van der Waals surface area contributed by atoms with Crippen LogP contribution in [0.25, 0.3) is 0 Å². The van der Waals surface area contributed by atoms with Gasteiger partial charge in [-0.1, -0.05) is 29.8 Å². The van der Waals surface area contributed by atoms with E-state index in [9.17, 15) is 9.59 Å². The fraction of sp³-hybridized carbons (Fsp3) is 0.160. The van der Waals surface area contributed by atoms with Crippen LogP contribution in [0.2, 0.25) is 0 Å². The van der Waals surface area contributed by atoms with Gasteiger partial charge in [-0.2, -0.15) is 5.10 Å². The molecule has 0 aliphatic heterocycles. The van der Waals surface area contributed by atoms with Crippen molar-refractivity contribution in [2.24, 2.45) is 5.10 Å². The Morgan fingerprint density at radius 1 is 0.848 bits per heavy atom. The summed E-state index contributed by atoms with van der Waals surface area (Å²) in [4.78, 5) is 25.3. The number of nitrogens with zero attached hydrogens (tertiary/aromatic N) is 1. The Balaban J connectivity index is 1.74. The van der Waals surface area contributed by atoms with Crippen molar-refractivity contribution >= 4 is 23.7 Å². The summed E-state index contributed by atoms with van der Waals surface area (Å²) in [6.45, 7) is 1.94. The number of anilines is 1. The number of benzene rings is 3. The number of hydrazone groups is 1. The van der Waals surface area contributed by atoms with Gasteiger partial charge < -0.3 is 19.5 Å². The lowest BCUT2D eigenvalue weighted by Gasteiger charge is -2.12. The first-order chi connectivity index (χ1) is 16.0. The van der Waals surface area contributed by atoms with Gasteiger partial charge in [0.15, 0.2) is 11.5 Å². The van der Waals surface area contributed by atoms with Gasteiger partial charge in [0.05, 0.1) is 38.8 Å². The number of amides is 2. The van der Waals surface area contributed by atoms with E-state index in [1.165, 1.54) is 27.5 Å². The standard InChI is InChI=1S/C25H25N3O5/c1-16-9-11-18(12-10-16)24(29)27-20-8-6-5-7-19(20)25(30)28-26-15-17-13-21(31-2)23(33-4)22(14-17)32-3/h5-15H,1-4H3,(H,27,29)(H,28,30)/b26-15+. The maximum Gasteiger partial charge on any atom is 0.273 e. The molecular formula is C25H25N3O5. The number of nitrogens with one attached hydrogen (secondary N) is 2. The van der Waals surface area contributed by atoms with Crippen LogP contribution in [0.4, 0.5) is 5.69 Å². The molecule has 0 saturated carbocycles. The molecule has 3 aromatic carbocycles. The fourth-order valence-electron chi connectivity index (χ4n) is 3.09. The molecule has 3 aromatic rings. The highest BCUT2D eigenvalue weighted by Crippen LogP contribution is 2.37. The Morgan fingerprint density at radius 3 is 2.09 bits per heavy atom. The molecule has 0 fully saturated rings. The lowest BCUT2D eigenvalue weighted by Crippen LogP contribution is -2.21. The summed E-state index contributed by atoms with van der Waals surface area (Å²) >= 11 is 0. The third kappa shape index (κ3) is 5.68. The van der Waals surface area contributed by atoms with Gasteiger partial charge in [-0.05, 0) is 43.3 Å². The Bertz CT molecular complexity index is 1150. The average molecular weight is 447 g/mol. The van der Waals surface area contributed by atoms with Gasteiger partial charge in [0.2, 0.25) is 5.75 Å². The van der Waals surface area contributed by atoms with Gasteiger partial charge in [-0.3, -0.25) is 9.59 Å². The number of carbonyl (C=O) groups is 2. The molecule has 8 nitrogen and oxygen atoms in total. The van der Waals surface area contributed by atoms with E-state index in [4.69, 9.17) is 14.2 Å². The minimum absolute atomic E-state index is 0.278. The summed E-state index contributed by atoms with van der Waals surface area (Å²) in [5.74, 6) is 0.608. The van der Waals surface area contributed by atoms with Crippen molar-refractivity contribution in [3.05, 3.63) is 82.9 Å². The molecule has 0 bridgehead atoms. The van der Waals surface area contributed by atoms with Crippen molar-refractivity contribution in [2.75, 3.05) is 26.6 Å². The molecule has 0 spiro atoms. The van der Waals surface area contributed by atoms with E-state index in [0.717, 1.165) is 5.56 Å². The zero-order valence-electron chi connectivity index (χ0n) is 18.8. The summed E-state index contributed by atoms with van der Waals surface area (Å²) in [7, 11) is 4.55. The van der Waals surface area contributed by atoms with E-state index in [1.807, 2.05) is 19.1 Å². The molecule has 0 unspecified atom stereocenters. The highest BCUT2D eigenvalue weighted by atomic mass is 16.5.